The number of likely N-dealkylation sites (N-methyl/N-ethyl adjacent to an activating group) is 1. The van der Waals surface area contributed by atoms with E-state index >= 15 is 0 Å². The Labute approximate surface area is 155 Å². The Bertz CT molecular complexity index is 591. The number of hydrogen-bond donors (Lipinski definition) is 3. The highest BCUT2D eigenvalue weighted by molar-refractivity contribution is 5.79. The van der Waals surface area contributed by atoms with Gasteiger partial charge >= 0.3 is 0 Å². The van der Waals surface area contributed by atoms with Crippen molar-refractivity contribution in [3.05, 3.63) is 35.6 Å². The Kier molecular flexibility index (Phi) is 8.04. The highest BCUT2D eigenvalue weighted by Gasteiger charge is 2.24. The van der Waals surface area contributed by atoms with Gasteiger partial charge in [-0.2, -0.15) is 0 Å². The fraction of sp³-hybridized carbons (Fsp3) is 0.600. The van der Waals surface area contributed by atoms with Crippen molar-refractivity contribution < 1.29 is 18.9 Å². The lowest BCUT2D eigenvalue weighted by Gasteiger charge is -2.29. The standard InChI is InChI=1S/C20H30FN3O2/c1-3-24(14-20(26)23-18-7-5-4-6-15(18)2)13-19(25)22-12-16-8-10-17(21)11-9-16/h8-11,15,18H,3-7,12-14H2,1-2H3,(H,22,25)(H,23,26)/p+1/t15-,18+/m0/s1. The summed E-state index contributed by atoms with van der Waals surface area (Å²) in [6, 6.07) is 6.32. The largest absolute Gasteiger partial charge is 0.348 e. The first-order chi connectivity index (χ1) is 12.5. The molecule has 3 N–H and O–H groups in total. The van der Waals surface area contributed by atoms with Crippen LogP contribution in [0.25, 0.3) is 0 Å². The minimum atomic E-state index is -0.292. The summed E-state index contributed by atoms with van der Waals surface area (Å²) in [7, 11) is 0. The summed E-state index contributed by atoms with van der Waals surface area (Å²) >= 11 is 0. The smallest absolute Gasteiger partial charge is 0.275 e. The van der Waals surface area contributed by atoms with Gasteiger partial charge < -0.3 is 15.5 Å². The van der Waals surface area contributed by atoms with E-state index in [1.807, 2.05) is 6.92 Å². The molecule has 1 aromatic rings. The van der Waals surface area contributed by atoms with Crippen molar-refractivity contribution in [2.24, 2.45) is 5.92 Å². The van der Waals surface area contributed by atoms with Gasteiger partial charge in [0.2, 0.25) is 0 Å². The SMILES string of the molecule is CC[NH+](CC(=O)NCc1ccc(F)cc1)CC(=O)N[C@@H]1CCCC[C@@H]1C. The van der Waals surface area contributed by atoms with Crippen LogP contribution in [-0.2, 0) is 16.1 Å². The lowest BCUT2D eigenvalue weighted by Crippen LogP contribution is -3.14. The second kappa shape index (κ2) is 10.3. The summed E-state index contributed by atoms with van der Waals surface area (Å²) in [5.74, 6) is 0.147. The van der Waals surface area contributed by atoms with Crippen LogP contribution in [0.2, 0.25) is 0 Å². The van der Waals surface area contributed by atoms with E-state index in [1.54, 1.807) is 12.1 Å². The molecule has 6 heteroatoms. The van der Waals surface area contributed by atoms with Crippen LogP contribution in [-0.4, -0.2) is 37.5 Å². The monoisotopic (exact) mass is 364 g/mol. The summed E-state index contributed by atoms with van der Waals surface area (Å²) < 4.78 is 12.9. The molecule has 0 heterocycles. The van der Waals surface area contributed by atoms with E-state index in [4.69, 9.17) is 0 Å². The highest BCUT2D eigenvalue weighted by Crippen LogP contribution is 2.23. The van der Waals surface area contributed by atoms with E-state index in [1.165, 1.54) is 31.4 Å². The van der Waals surface area contributed by atoms with E-state index in [0.29, 0.717) is 25.6 Å². The molecule has 0 aliphatic heterocycles. The fourth-order valence-electron chi connectivity index (χ4n) is 3.42. The minimum absolute atomic E-state index is 0.0203. The molecule has 1 unspecified atom stereocenters. The first-order valence-corrected chi connectivity index (χ1v) is 9.62. The van der Waals surface area contributed by atoms with Gasteiger partial charge in [-0.15, -0.1) is 0 Å². The second-order valence-electron chi connectivity index (χ2n) is 7.30. The molecule has 1 fully saturated rings. The lowest BCUT2D eigenvalue weighted by atomic mass is 9.86. The molecule has 3 atom stereocenters. The maximum Gasteiger partial charge on any atom is 0.275 e. The predicted octanol–water partition coefficient (Wildman–Crippen LogP) is 1.04. The quantitative estimate of drug-likeness (QED) is 0.646. The molecule has 0 bridgehead atoms. The van der Waals surface area contributed by atoms with E-state index in [2.05, 4.69) is 17.6 Å². The Morgan fingerprint density at radius 1 is 1.12 bits per heavy atom. The number of benzene rings is 1. The fourth-order valence-corrected chi connectivity index (χ4v) is 3.42. The zero-order valence-corrected chi connectivity index (χ0v) is 15.8. The Balaban J connectivity index is 1.73. The predicted molar refractivity (Wildman–Crippen MR) is 99.0 cm³/mol. The van der Waals surface area contributed by atoms with E-state index in [0.717, 1.165) is 16.9 Å². The molecule has 5 nitrogen and oxygen atoms in total. The molecule has 1 aliphatic carbocycles. The lowest BCUT2D eigenvalue weighted by molar-refractivity contribution is -0.881. The number of nitrogens with one attached hydrogen (secondary N) is 3. The number of carbonyl (C=O) groups excluding carboxylic acids is 2. The molecule has 2 amide bonds. The van der Waals surface area contributed by atoms with Crippen molar-refractivity contribution in [3.63, 3.8) is 0 Å². The molecule has 0 aromatic heterocycles. The molecule has 1 saturated carbocycles. The topological polar surface area (TPSA) is 62.6 Å². The maximum atomic E-state index is 12.9. The molecule has 26 heavy (non-hydrogen) atoms. The first-order valence-electron chi connectivity index (χ1n) is 9.62. The summed E-state index contributed by atoms with van der Waals surface area (Å²) in [6.07, 6.45) is 4.63. The van der Waals surface area contributed by atoms with Crippen molar-refractivity contribution in [1.82, 2.24) is 10.6 Å². The van der Waals surface area contributed by atoms with Crippen LogP contribution >= 0.6 is 0 Å². The van der Waals surface area contributed by atoms with Crippen LogP contribution in [0, 0.1) is 11.7 Å². The molecule has 1 aliphatic rings. The van der Waals surface area contributed by atoms with Crippen LogP contribution in [0.4, 0.5) is 4.39 Å². The van der Waals surface area contributed by atoms with Gasteiger partial charge in [-0.1, -0.05) is 31.9 Å². The minimum Gasteiger partial charge on any atom is -0.348 e. The van der Waals surface area contributed by atoms with Gasteiger partial charge in [0.15, 0.2) is 13.1 Å². The third kappa shape index (κ3) is 6.75. The second-order valence-corrected chi connectivity index (χ2v) is 7.30. The Morgan fingerprint density at radius 2 is 1.77 bits per heavy atom. The van der Waals surface area contributed by atoms with Crippen LogP contribution in [0.5, 0.6) is 0 Å². The van der Waals surface area contributed by atoms with E-state index < -0.39 is 0 Å². The summed E-state index contributed by atoms with van der Waals surface area (Å²) in [5, 5.41) is 5.97. The van der Waals surface area contributed by atoms with Gasteiger partial charge in [0, 0.05) is 12.6 Å². The molecular weight excluding hydrogens is 333 g/mol. The molecule has 0 radical (unpaired) electrons. The Morgan fingerprint density at radius 3 is 2.42 bits per heavy atom. The van der Waals surface area contributed by atoms with Gasteiger partial charge in [0.1, 0.15) is 5.82 Å². The van der Waals surface area contributed by atoms with Crippen LogP contribution in [0.1, 0.15) is 45.1 Å². The molecule has 0 saturated heterocycles. The average Bonchev–Trinajstić information content (AvgIpc) is 2.62. The number of amides is 2. The Hall–Kier alpha value is -1.95. The van der Waals surface area contributed by atoms with E-state index in [9.17, 15) is 14.0 Å². The molecule has 1 aromatic carbocycles. The van der Waals surface area contributed by atoms with Crippen molar-refractivity contribution in [3.8, 4) is 0 Å². The third-order valence-electron chi connectivity index (χ3n) is 5.18. The van der Waals surface area contributed by atoms with Crippen molar-refractivity contribution in [2.45, 2.75) is 52.1 Å². The number of quaternary nitrogens is 1. The third-order valence-corrected chi connectivity index (χ3v) is 5.18. The summed E-state index contributed by atoms with van der Waals surface area (Å²) in [6.45, 7) is 5.80. The average molecular weight is 364 g/mol. The highest BCUT2D eigenvalue weighted by atomic mass is 19.1. The summed E-state index contributed by atoms with van der Waals surface area (Å²) in [5.41, 5.74) is 0.849. The molecular formula is C20H31FN3O2+. The van der Waals surface area contributed by atoms with Gasteiger partial charge in [-0.05, 0) is 43.4 Å². The van der Waals surface area contributed by atoms with Crippen LogP contribution in [0.15, 0.2) is 24.3 Å². The number of hydrogen-bond acceptors (Lipinski definition) is 2. The van der Waals surface area contributed by atoms with Crippen LogP contribution in [0.3, 0.4) is 0 Å². The number of halogens is 1. The van der Waals surface area contributed by atoms with Crippen LogP contribution < -0.4 is 15.5 Å². The van der Waals surface area contributed by atoms with Crippen molar-refractivity contribution >= 4 is 11.8 Å². The van der Waals surface area contributed by atoms with Crippen molar-refractivity contribution in [1.29, 1.82) is 0 Å². The van der Waals surface area contributed by atoms with Gasteiger partial charge in [0.05, 0.1) is 6.54 Å². The summed E-state index contributed by atoms with van der Waals surface area (Å²) in [4.78, 5) is 25.4. The number of carbonyl (C=O) groups is 2. The normalized spacial score (nSPS) is 21.0. The van der Waals surface area contributed by atoms with Gasteiger partial charge in [0.25, 0.3) is 11.8 Å². The van der Waals surface area contributed by atoms with Gasteiger partial charge in [-0.25, -0.2) is 4.39 Å². The molecule has 0 spiro atoms. The van der Waals surface area contributed by atoms with Crippen molar-refractivity contribution in [2.75, 3.05) is 19.6 Å². The zero-order valence-electron chi connectivity index (χ0n) is 15.8. The van der Waals surface area contributed by atoms with E-state index in [-0.39, 0.29) is 30.2 Å². The van der Waals surface area contributed by atoms with Gasteiger partial charge in [-0.3, -0.25) is 9.59 Å². The maximum absolute atomic E-state index is 12.9. The molecule has 144 valence electrons. The molecule has 2 rings (SSSR count). The zero-order chi connectivity index (χ0) is 18.9. The first kappa shape index (κ1) is 20.4. The number of rotatable bonds is 8.